The largest absolute Gasteiger partial charge is 0.393 e. The Bertz CT molecular complexity index is 437. The fraction of sp³-hybridized carbons (Fsp3) is 0.615. The maximum atomic E-state index is 9.92. The molecule has 92 valence electrons. The van der Waals surface area contributed by atoms with Gasteiger partial charge in [0, 0.05) is 25.2 Å². The number of aliphatic hydroxyl groups excluding tert-OH is 1. The minimum Gasteiger partial charge on any atom is -0.393 e. The van der Waals surface area contributed by atoms with E-state index < -0.39 is 0 Å². The fourth-order valence-electron chi connectivity index (χ4n) is 3.17. The lowest BCUT2D eigenvalue weighted by Crippen LogP contribution is -2.25. The number of aromatic nitrogens is 1. The van der Waals surface area contributed by atoms with Crippen molar-refractivity contribution >= 4 is 21.7 Å². The summed E-state index contributed by atoms with van der Waals surface area (Å²) < 4.78 is 1.06. The molecule has 1 aromatic rings. The molecule has 1 aromatic heterocycles. The minimum atomic E-state index is -0.103. The maximum Gasteiger partial charge on any atom is 0.142 e. The second-order valence-electron chi connectivity index (χ2n) is 5.29. The van der Waals surface area contributed by atoms with E-state index in [-0.39, 0.29) is 6.10 Å². The molecule has 2 fully saturated rings. The number of nitrogens with zero attached hydrogens (tertiary/aromatic N) is 2. The molecule has 0 radical (unpaired) electrons. The highest BCUT2D eigenvalue weighted by Crippen LogP contribution is 2.40. The van der Waals surface area contributed by atoms with Gasteiger partial charge in [-0.25, -0.2) is 4.98 Å². The highest BCUT2D eigenvalue weighted by Gasteiger charge is 2.42. The molecule has 0 amide bonds. The molecule has 2 aliphatic rings. The standard InChI is InChI=1S/C13H17BrN2O/c1-8-4-11(14)13(15-5-8)16-6-9-2-3-12(17)10(9)7-16/h4-5,9-10,12,17H,2-3,6-7H2,1H3. The molecule has 3 rings (SSSR count). The van der Waals surface area contributed by atoms with Crippen molar-refractivity contribution < 1.29 is 5.11 Å². The Hall–Kier alpha value is -0.610. The van der Waals surface area contributed by atoms with Gasteiger partial charge >= 0.3 is 0 Å². The van der Waals surface area contributed by atoms with Crippen LogP contribution >= 0.6 is 15.9 Å². The van der Waals surface area contributed by atoms with Gasteiger partial charge in [-0.2, -0.15) is 0 Å². The van der Waals surface area contributed by atoms with Gasteiger partial charge in [-0.15, -0.1) is 0 Å². The molecular formula is C13H17BrN2O. The number of fused-ring (bicyclic) bond motifs is 1. The van der Waals surface area contributed by atoms with E-state index in [4.69, 9.17) is 0 Å². The smallest absolute Gasteiger partial charge is 0.142 e. The Balaban J connectivity index is 1.83. The third kappa shape index (κ3) is 1.97. The average molecular weight is 297 g/mol. The summed E-state index contributed by atoms with van der Waals surface area (Å²) in [7, 11) is 0. The first-order valence-electron chi connectivity index (χ1n) is 6.20. The van der Waals surface area contributed by atoms with Gasteiger partial charge < -0.3 is 10.0 Å². The first kappa shape index (κ1) is 11.5. The highest BCUT2D eigenvalue weighted by molar-refractivity contribution is 9.10. The van der Waals surface area contributed by atoms with Crippen LogP contribution in [-0.2, 0) is 0 Å². The highest BCUT2D eigenvalue weighted by atomic mass is 79.9. The summed E-state index contributed by atoms with van der Waals surface area (Å²) in [5.41, 5.74) is 1.17. The Morgan fingerprint density at radius 3 is 2.94 bits per heavy atom. The quantitative estimate of drug-likeness (QED) is 0.864. The third-order valence-electron chi connectivity index (χ3n) is 4.08. The summed E-state index contributed by atoms with van der Waals surface area (Å²) in [5, 5.41) is 9.92. The zero-order valence-electron chi connectivity index (χ0n) is 9.93. The van der Waals surface area contributed by atoms with Gasteiger partial charge in [0.05, 0.1) is 10.6 Å². The zero-order valence-corrected chi connectivity index (χ0v) is 11.5. The molecule has 3 unspecified atom stereocenters. The lowest BCUT2D eigenvalue weighted by atomic mass is 10.00. The molecule has 3 atom stereocenters. The second kappa shape index (κ2) is 4.25. The molecule has 2 heterocycles. The van der Waals surface area contributed by atoms with Crippen molar-refractivity contribution in [2.75, 3.05) is 18.0 Å². The molecular weight excluding hydrogens is 280 g/mol. The van der Waals surface area contributed by atoms with E-state index in [2.05, 4.69) is 31.9 Å². The van der Waals surface area contributed by atoms with Crippen LogP contribution in [0.5, 0.6) is 0 Å². The van der Waals surface area contributed by atoms with Gasteiger partial charge in [-0.05, 0) is 53.2 Å². The van der Waals surface area contributed by atoms with Gasteiger partial charge in [-0.3, -0.25) is 0 Å². The van der Waals surface area contributed by atoms with Crippen LogP contribution in [0, 0.1) is 18.8 Å². The lowest BCUT2D eigenvalue weighted by Gasteiger charge is -2.20. The average Bonchev–Trinajstić information content (AvgIpc) is 2.81. The fourth-order valence-corrected chi connectivity index (χ4v) is 3.88. The van der Waals surface area contributed by atoms with Crippen LogP contribution in [0.4, 0.5) is 5.82 Å². The molecule has 3 nitrogen and oxygen atoms in total. The van der Waals surface area contributed by atoms with Crippen molar-refractivity contribution in [2.24, 2.45) is 11.8 Å². The molecule has 1 saturated heterocycles. The van der Waals surface area contributed by atoms with Gasteiger partial charge in [-0.1, -0.05) is 0 Å². The molecule has 1 saturated carbocycles. The van der Waals surface area contributed by atoms with E-state index in [1.807, 2.05) is 13.1 Å². The number of aryl methyl sites for hydroxylation is 1. The summed E-state index contributed by atoms with van der Waals surface area (Å²) in [6.07, 6.45) is 3.94. The molecule has 1 aliphatic heterocycles. The van der Waals surface area contributed by atoms with E-state index >= 15 is 0 Å². The Labute approximate surface area is 110 Å². The number of hydrogen-bond acceptors (Lipinski definition) is 3. The topological polar surface area (TPSA) is 36.4 Å². The summed E-state index contributed by atoms with van der Waals surface area (Å²) in [4.78, 5) is 6.82. The van der Waals surface area contributed by atoms with Crippen LogP contribution in [0.3, 0.4) is 0 Å². The number of anilines is 1. The van der Waals surface area contributed by atoms with Crippen LogP contribution in [0.1, 0.15) is 18.4 Å². The molecule has 0 bridgehead atoms. The first-order valence-corrected chi connectivity index (χ1v) is 6.99. The van der Waals surface area contributed by atoms with E-state index in [0.717, 1.165) is 36.2 Å². The summed E-state index contributed by atoms with van der Waals surface area (Å²) in [6.45, 7) is 4.03. The number of aliphatic hydroxyl groups is 1. The van der Waals surface area contributed by atoms with Crippen LogP contribution in [0.15, 0.2) is 16.7 Å². The molecule has 1 N–H and O–H groups in total. The van der Waals surface area contributed by atoms with Crippen molar-refractivity contribution in [3.8, 4) is 0 Å². The first-order chi connectivity index (χ1) is 8.15. The molecule has 1 aliphatic carbocycles. The van der Waals surface area contributed by atoms with Crippen LogP contribution in [-0.4, -0.2) is 29.3 Å². The molecule has 4 heteroatoms. The van der Waals surface area contributed by atoms with E-state index in [1.54, 1.807) is 0 Å². The maximum absolute atomic E-state index is 9.92. The SMILES string of the molecule is Cc1cnc(N2CC3CCC(O)C3C2)c(Br)c1. The predicted molar refractivity (Wildman–Crippen MR) is 71.1 cm³/mol. The third-order valence-corrected chi connectivity index (χ3v) is 4.66. The van der Waals surface area contributed by atoms with Crippen LogP contribution < -0.4 is 4.90 Å². The number of hydrogen-bond donors (Lipinski definition) is 1. The molecule has 17 heavy (non-hydrogen) atoms. The van der Waals surface area contributed by atoms with Crippen molar-refractivity contribution in [3.05, 3.63) is 22.3 Å². The predicted octanol–water partition coefficient (Wildman–Crippen LogP) is 2.36. The van der Waals surface area contributed by atoms with Gasteiger partial charge in [0.15, 0.2) is 0 Å². The van der Waals surface area contributed by atoms with Gasteiger partial charge in [0.2, 0.25) is 0 Å². The molecule has 0 spiro atoms. The second-order valence-corrected chi connectivity index (χ2v) is 6.15. The number of halogens is 1. The van der Waals surface area contributed by atoms with Crippen molar-refractivity contribution in [2.45, 2.75) is 25.9 Å². The van der Waals surface area contributed by atoms with Gasteiger partial charge in [0.1, 0.15) is 5.82 Å². The van der Waals surface area contributed by atoms with Crippen LogP contribution in [0.25, 0.3) is 0 Å². The van der Waals surface area contributed by atoms with Crippen molar-refractivity contribution in [3.63, 3.8) is 0 Å². The summed E-state index contributed by atoms with van der Waals surface area (Å²) in [6, 6.07) is 2.10. The number of pyridine rings is 1. The van der Waals surface area contributed by atoms with Gasteiger partial charge in [0.25, 0.3) is 0 Å². The zero-order chi connectivity index (χ0) is 12.0. The van der Waals surface area contributed by atoms with Crippen molar-refractivity contribution in [1.82, 2.24) is 4.98 Å². The summed E-state index contributed by atoms with van der Waals surface area (Å²) >= 11 is 3.59. The Morgan fingerprint density at radius 1 is 1.41 bits per heavy atom. The minimum absolute atomic E-state index is 0.103. The van der Waals surface area contributed by atoms with E-state index in [9.17, 15) is 5.11 Å². The molecule has 0 aromatic carbocycles. The normalized spacial score (nSPS) is 31.9. The summed E-state index contributed by atoms with van der Waals surface area (Å²) in [5.74, 6) is 2.13. The van der Waals surface area contributed by atoms with E-state index in [0.29, 0.717) is 11.8 Å². The Morgan fingerprint density at radius 2 is 2.24 bits per heavy atom. The number of rotatable bonds is 1. The van der Waals surface area contributed by atoms with Crippen molar-refractivity contribution in [1.29, 1.82) is 0 Å². The lowest BCUT2D eigenvalue weighted by molar-refractivity contribution is 0.133. The Kier molecular flexibility index (Phi) is 2.87. The van der Waals surface area contributed by atoms with E-state index in [1.165, 1.54) is 5.56 Å². The van der Waals surface area contributed by atoms with Crippen LogP contribution in [0.2, 0.25) is 0 Å². The monoisotopic (exact) mass is 296 g/mol.